The molecule has 106 valence electrons. The van der Waals surface area contributed by atoms with Crippen molar-refractivity contribution in [2.24, 2.45) is 16.5 Å². The van der Waals surface area contributed by atoms with Gasteiger partial charge in [0.1, 0.15) is 0 Å². The highest BCUT2D eigenvalue weighted by Gasteiger charge is 2.08. The SMILES string of the molecule is CNC(=S)NCCSCc1nc(N=C(N)N)sc1Br. The summed E-state index contributed by atoms with van der Waals surface area (Å²) >= 11 is 11.6. The Morgan fingerprint density at radius 2 is 2.32 bits per heavy atom. The minimum Gasteiger partial charge on any atom is -0.370 e. The molecule has 0 aliphatic heterocycles. The van der Waals surface area contributed by atoms with Crippen molar-refractivity contribution in [2.75, 3.05) is 19.3 Å². The maximum Gasteiger partial charge on any atom is 0.213 e. The van der Waals surface area contributed by atoms with Gasteiger partial charge in [-0.2, -0.15) is 16.8 Å². The molecule has 6 N–H and O–H groups in total. The number of nitrogens with one attached hydrogen (secondary N) is 2. The first-order valence-electron chi connectivity index (χ1n) is 5.31. The van der Waals surface area contributed by atoms with Gasteiger partial charge in [0.25, 0.3) is 0 Å². The first-order chi connectivity index (χ1) is 9.02. The van der Waals surface area contributed by atoms with E-state index in [0.717, 1.165) is 27.5 Å². The fourth-order valence-electron chi connectivity index (χ4n) is 1.06. The average molecular weight is 383 g/mol. The standard InChI is InChI=1S/C9H15BrN6S3/c1-13-8(17)14-2-3-18-4-5-6(10)19-9(15-5)16-7(11)12/h2-4H2,1H3,(H2,13,14,17)(H4,11,12,15,16). The number of guanidine groups is 1. The van der Waals surface area contributed by atoms with Gasteiger partial charge in [-0.3, -0.25) is 0 Å². The molecule has 1 aromatic heterocycles. The van der Waals surface area contributed by atoms with E-state index in [1.54, 1.807) is 18.8 Å². The molecular weight excluding hydrogens is 368 g/mol. The Bertz CT molecular complexity index is 457. The lowest BCUT2D eigenvalue weighted by Crippen LogP contribution is -2.33. The number of aliphatic imine (C=N–C) groups is 1. The molecule has 0 aliphatic carbocycles. The van der Waals surface area contributed by atoms with Gasteiger partial charge in [0, 0.05) is 25.1 Å². The highest BCUT2D eigenvalue weighted by molar-refractivity contribution is 9.11. The summed E-state index contributed by atoms with van der Waals surface area (Å²) in [5, 5.41) is 7.16. The second-order valence-electron chi connectivity index (χ2n) is 3.31. The minimum absolute atomic E-state index is 0.0187. The Kier molecular flexibility index (Phi) is 7.42. The highest BCUT2D eigenvalue weighted by atomic mass is 79.9. The van der Waals surface area contributed by atoms with E-state index in [9.17, 15) is 0 Å². The Labute approximate surface area is 134 Å². The Morgan fingerprint density at radius 3 is 2.95 bits per heavy atom. The van der Waals surface area contributed by atoms with Crippen molar-refractivity contribution in [3.8, 4) is 0 Å². The first kappa shape index (κ1) is 16.5. The van der Waals surface area contributed by atoms with E-state index < -0.39 is 0 Å². The van der Waals surface area contributed by atoms with E-state index in [1.807, 2.05) is 0 Å². The number of thioether (sulfide) groups is 1. The number of hydrogen-bond donors (Lipinski definition) is 4. The number of thiazole rings is 1. The number of thiocarbonyl (C=S) groups is 1. The van der Waals surface area contributed by atoms with Crippen LogP contribution in [0.4, 0.5) is 5.13 Å². The van der Waals surface area contributed by atoms with Gasteiger partial charge in [0.05, 0.1) is 9.48 Å². The van der Waals surface area contributed by atoms with Crippen LogP contribution in [0.15, 0.2) is 8.78 Å². The van der Waals surface area contributed by atoms with Crippen molar-refractivity contribution in [2.45, 2.75) is 5.75 Å². The maximum atomic E-state index is 5.31. The second kappa shape index (κ2) is 8.56. The fraction of sp³-hybridized carbons (Fsp3) is 0.444. The van der Waals surface area contributed by atoms with Gasteiger partial charge >= 0.3 is 0 Å². The van der Waals surface area contributed by atoms with Crippen LogP contribution in [0, 0.1) is 0 Å². The first-order valence-corrected chi connectivity index (χ1v) is 8.48. The zero-order valence-electron chi connectivity index (χ0n) is 10.3. The predicted molar refractivity (Wildman–Crippen MR) is 91.1 cm³/mol. The van der Waals surface area contributed by atoms with E-state index in [0.29, 0.717) is 10.2 Å². The van der Waals surface area contributed by atoms with E-state index in [2.05, 4.69) is 36.5 Å². The van der Waals surface area contributed by atoms with Crippen LogP contribution in [0.25, 0.3) is 0 Å². The largest absolute Gasteiger partial charge is 0.370 e. The number of halogens is 1. The van der Waals surface area contributed by atoms with Gasteiger partial charge in [-0.25, -0.2) is 4.98 Å². The third kappa shape index (κ3) is 6.41. The minimum atomic E-state index is 0.0187. The Balaban J connectivity index is 2.35. The van der Waals surface area contributed by atoms with Crippen LogP contribution in [-0.4, -0.2) is 35.4 Å². The summed E-state index contributed by atoms with van der Waals surface area (Å²) in [4.78, 5) is 8.27. The molecule has 0 saturated heterocycles. The van der Waals surface area contributed by atoms with E-state index in [-0.39, 0.29) is 5.96 Å². The lowest BCUT2D eigenvalue weighted by Gasteiger charge is -2.05. The molecule has 0 bridgehead atoms. The van der Waals surface area contributed by atoms with Gasteiger partial charge < -0.3 is 22.1 Å². The van der Waals surface area contributed by atoms with E-state index in [1.165, 1.54) is 11.3 Å². The molecule has 6 nitrogen and oxygen atoms in total. The topological polar surface area (TPSA) is 101 Å². The molecule has 1 rings (SSSR count). The molecule has 19 heavy (non-hydrogen) atoms. The molecule has 0 atom stereocenters. The smallest absolute Gasteiger partial charge is 0.213 e. The van der Waals surface area contributed by atoms with Crippen LogP contribution in [-0.2, 0) is 5.75 Å². The molecule has 0 fully saturated rings. The molecule has 0 spiro atoms. The molecule has 0 aliphatic rings. The zero-order valence-corrected chi connectivity index (χ0v) is 14.3. The highest BCUT2D eigenvalue weighted by Crippen LogP contribution is 2.32. The Hall–Kier alpha value is -0.580. The predicted octanol–water partition coefficient (Wildman–Crippen LogP) is 1.14. The lowest BCUT2D eigenvalue weighted by molar-refractivity contribution is 0.942. The molecule has 0 aromatic carbocycles. The summed E-state index contributed by atoms with van der Waals surface area (Å²) in [6, 6.07) is 0. The number of nitrogens with two attached hydrogens (primary N) is 2. The average Bonchev–Trinajstić information content (AvgIpc) is 2.68. The van der Waals surface area contributed by atoms with Gasteiger partial charge in [-0.05, 0) is 28.1 Å². The van der Waals surface area contributed by atoms with Crippen molar-refractivity contribution in [1.82, 2.24) is 15.6 Å². The summed E-state index contributed by atoms with van der Waals surface area (Å²) in [6.45, 7) is 0.812. The van der Waals surface area contributed by atoms with Crippen molar-refractivity contribution in [3.05, 3.63) is 9.48 Å². The van der Waals surface area contributed by atoms with Crippen LogP contribution in [0.3, 0.4) is 0 Å². The van der Waals surface area contributed by atoms with Crippen molar-refractivity contribution < 1.29 is 0 Å². The molecule has 0 saturated carbocycles. The number of rotatable bonds is 6. The molecule has 1 aromatic rings. The van der Waals surface area contributed by atoms with Crippen LogP contribution in [0.2, 0.25) is 0 Å². The second-order valence-corrected chi connectivity index (χ2v) is 7.12. The summed E-state index contributed by atoms with van der Waals surface area (Å²) in [7, 11) is 1.79. The summed E-state index contributed by atoms with van der Waals surface area (Å²) in [5.74, 6) is 1.75. The monoisotopic (exact) mass is 382 g/mol. The maximum absolute atomic E-state index is 5.31. The van der Waals surface area contributed by atoms with E-state index >= 15 is 0 Å². The van der Waals surface area contributed by atoms with Crippen molar-refractivity contribution in [3.63, 3.8) is 0 Å². The van der Waals surface area contributed by atoms with Gasteiger partial charge in [0.2, 0.25) is 5.13 Å². The zero-order chi connectivity index (χ0) is 14.3. The lowest BCUT2D eigenvalue weighted by atomic mass is 10.6. The van der Waals surface area contributed by atoms with Crippen LogP contribution in [0.1, 0.15) is 5.69 Å². The van der Waals surface area contributed by atoms with Gasteiger partial charge in [-0.1, -0.05) is 11.3 Å². The van der Waals surface area contributed by atoms with Crippen molar-refractivity contribution >= 4 is 67.5 Å². The van der Waals surface area contributed by atoms with Crippen LogP contribution >= 0.6 is 51.2 Å². The third-order valence-electron chi connectivity index (χ3n) is 1.86. The normalized spacial score (nSPS) is 10.0. The van der Waals surface area contributed by atoms with Crippen LogP contribution in [0.5, 0.6) is 0 Å². The fourth-order valence-corrected chi connectivity index (χ4v) is 3.60. The molecule has 10 heteroatoms. The van der Waals surface area contributed by atoms with Crippen LogP contribution < -0.4 is 22.1 Å². The number of nitrogens with zero attached hydrogens (tertiary/aromatic N) is 2. The van der Waals surface area contributed by atoms with E-state index in [4.69, 9.17) is 23.7 Å². The molecule has 0 amide bonds. The molecule has 0 unspecified atom stereocenters. The summed E-state index contributed by atoms with van der Waals surface area (Å²) in [6.07, 6.45) is 0. The quantitative estimate of drug-likeness (QED) is 0.253. The molecule has 0 radical (unpaired) electrons. The number of hydrogen-bond acceptors (Lipinski definition) is 5. The summed E-state index contributed by atoms with van der Waals surface area (Å²) in [5.41, 5.74) is 11.6. The molecular formula is C9H15BrN6S3. The van der Waals surface area contributed by atoms with Gasteiger partial charge in [-0.15, -0.1) is 0 Å². The van der Waals surface area contributed by atoms with Gasteiger partial charge in [0.15, 0.2) is 11.1 Å². The third-order valence-corrected chi connectivity index (χ3v) is 4.90. The summed E-state index contributed by atoms with van der Waals surface area (Å²) < 4.78 is 0.957. The number of aromatic nitrogens is 1. The molecule has 1 heterocycles. The Morgan fingerprint density at radius 1 is 1.58 bits per heavy atom. The van der Waals surface area contributed by atoms with Crippen molar-refractivity contribution in [1.29, 1.82) is 0 Å².